The van der Waals surface area contributed by atoms with Crippen molar-refractivity contribution >= 4 is 19.1 Å². The summed E-state index contributed by atoms with van der Waals surface area (Å²) in [4.78, 5) is 6.31. The normalized spacial score (nSPS) is 19.2. The van der Waals surface area contributed by atoms with Crippen LogP contribution in [-0.4, -0.2) is 54.8 Å². The predicted molar refractivity (Wildman–Crippen MR) is 123 cm³/mol. The first-order valence-corrected chi connectivity index (χ1v) is 10.3. The lowest BCUT2D eigenvalue weighted by molar-refractivity contribution is 0.114. The molecule has 2 rings (SSSR count). The molecule has 1 aromatic rings. The van der Waals surface area contributed by atoms with Crippen molar-refractivity contribution in [3.8, 4) is 5.75 Å². The molecule has 0 spiro atoms. The lowest BCUT2D eigenvalue weighted by atomic mass is 9.79. The standard InChI is InChI=1S/C20H32BN5O.C2H6/c1-19(2)10-14(11-20(3,4)25-19)26(5)17(23)8-7-15(22)18-16(27-6)9-13(21)12-24-18;1-2/h7-9,12,14-15,23,25H,10-11,22H2,1-6H3;1-2H3/b8-7-,23-17?;. The fraction of sp³-hybridized carbons (Fsp3) is 0.636. The van der Waals surface area contributed by atoms with Gasteiger partial charge in [-0.3, -0.25) is 10.4 Å². The van der Waals surface area contributed by atoms with Gasteiger partial charge in [0.15, 0.2) is 0 Å². The number of hydrogen-bond donors (Lipinski definition) is 3. The summed E-state index contributed by atoms with van der Waals surface area (Å²) in [5.41, 5.74) is 7.42. The van der Waals surface area contributed by atoms with E-state index in [0.717, 1.165) is 12.8 Å². The summed E-state index contributed by atoms with van der Waals surface area (Å²) in [5.74, 6) is 0.979. The van der Waals surface area contributed by atoms with E-state index in [9.17, 15) is 0 Å². The number of amidine groups is 1. The van der Waals surface area contributed by atoms with Crippen LogP contribution < -0.4 is 21.3 Å². The number of aromatic nitrogens is 1. The molecule has 0 aromatic carbocycles. The molecule has 1 aliphatic heterocycles. The molecule has 29 heavy (non-hydrogen) atoms. The summed E-state index contributed by atoms with van der Waals surface area (Å²) >= 11 is 0. The van der Waals surface area contributed by atoms with Crippen molar-refractivity contribution < 1.29 is 4.74 Å². The van der Waals surface area contributed by atoms with Crippen molar-refractivity contribution in [1.82, 2.24) is 15.2 Å². The first-order valence-electron chi connectivity index (χ1n) is 10.3. The van der Waals surface area contributed by atoms with Gasteiger partial charge in [0, 0.05) is 30.4 Å². The number of pyridine rings is 1. The maximum Gasteiger partial charge on any atom is 0.141 e. The second-order valence-corrected chi connectivity index (χ2v) is 8.69. The predicted octanol–water partition coefficient (Wildman–Crippen LogP) is 2.68. The van der Waals surface area contributed by atoms with E-state index in [1.54, 1.807) is 31.5 Å². The van der Waals surface area contributed by atoms with Crippen molar-refractivity contribution in [3.63, 3.8) is 0 Å². The maximum atomic E-state index is 8.47. The van der Waals surface area contributed by atoms with Crippen molar-refractivity contribution in [2.75, 3.05) is 14.2 Å². The minimum atomic E-state index is -0.477. The highest BCUT2D eigenvalue weighted by Gasteiger charge is 2.39. The molecule has 6 nitrogen and oxygen atoms in total. The molecule has 160 valence electrons. The third kappa shape index (κ3) is 7.16. The van der Waals surface area contributed by atoms with Crippen LogP contribution in [0.2, 0.25) is 0 Å². The molecule has 2 heterocycles. The van der Waals surface area contributed by atoms with Gasteiger partial charge in [0.25, 0.3) is 0 Å². The maximum absolute atomic E-state index is 8.47. The molecule has 0 saturated carbocycles. The molecular weight excluding hydrogens is 361 g/mol. The molecule has 0 amide bonds. The lowest BCUT2D eigenvalue weighted by Gasteiger charge is -2.49. The SMILES string of the molecule is CC.[B]c1cnc(C(N)/C=C\C(=N)N(C)C2CC(C)(C)NC(C)(C)C2)c(OC)c1. The van der Waals surface area contributed by atoms with Crippen molar-refractivity contribution in [3.05, 3.63) is 30.1 Å². The van der Waals surface area contributed by atoms with E-state index in [1.165, 1.54) is 0 Å². The fourth-order valence-electron chi connectivity index (χ4n) is 4.03. The van der Waals surface area contributed by atoms with Crippen LogP contribution in [0.3, 0.4) is 0 Å². The van der Waals surface area contributed by atoms with Crippen LogP contribution in [0.5, 0.6) is 5.75 Å². The van der Waals surface area contributed by atoms with Gasteiger partial charge in [-0.2, -0.15) is 0 Å². The topological polar surface area (TPSA) is 87.3 Å². The second kappa shape index (κ2) is 10.3. The van der Waals surface area contributed by atoms with Crippen LogP contribution in [0, 0.1) is 5.41 Å². The summed E-state index contributed by atoms with van der Waals surface area (Å²) in [6.07, 6.45) is 7.02. The molecule has 7 heteroatoms. The van der Waals surface area contributed by atoms with Gasteiger partial charge in [0.1, 0.15) is 25.1 Å². The molecule has 0 bridgehead atoms. The van der Waals surface area contributed by atoms with E-state index < -0.39 is 6.04 Å². The summed E-state index contributed by atoms with van der Waals surface area (Å²) in [6, 6.07) is 1.51. The Morgan fingerprint density at radius 1 is 1.34 bits per heavy atom. The minimum absolute atomic E-state index is 0.0301. The van der Waals surface area contributed by atoms with Gasteiger partial charge < -0.3 is 20.7 Å². The molecule has 1 aromatic heterocycles. The zero-order valence-electron chi connectivity index (χ0n) is 19.3. The average molecular weight is 399 g/mol. The van der Waals surface area contributed by atoms with Gasteiger partial charge in [-0.05, 0) is 52.7 Å². The van der Waals surface area contributed by atoms with Gasteiger partial charge in [-0.15, -0.1) is 0 Å². The number of ether oxygens (including phenoxy) is 1. The molecular formula is C22H38BN5O. The number of methoxy groups -OCH3 is 1. The van der Waals surface area contributed by atoms with E-state index in [2.05, 4.69) is 38.0 Å². The Morgan fingerprint density at radius 2 is 1.90 bits per heavy atom. The smallest absolute Gasteiger partial charge is 0.141 e. The summed E-state index contributed by atoms with van der Waals surface area (Å²) in [5, 5.41) is 12.1. The van der Waals surface area contributed by atoms with Gasteiger partial charge >= 0.3 is 0 Å². The Balaban J connectivity index is 0.00000204. The number of likely N-dealkylation sites (N-methyl/N-ethyl adjacent to an activating group) is 1. The van der Waals surface area contributed by atoms with Crippen LogP contribution in [-0.2, 0) is 0 Å². The Hall–Kier alpha value is -1.86. The average Bonchev–Trinajstić information content (AvgIpc) is 2.64. The molecule has 1 fully saturated rings. The number of piperidine rings is 1. The number of nitrogens with one attached hydrogen (secondary N) is 2. The Kier molecular flexibility index (Phi) is 8.91. The molecule has 0 aliphatic carbocycles. The highest BCUT2D eigenvalue weighted by molar-refractivity contribution is 6.32. The molecule has 4 N–H and O–H groups in total. The van der Waals surface area contributed by atoms with E-state index in [0.29, 0.717) is 22.7 Å². The zero-order valence-corrected chi connectivity index (χ0v) is 19.3. The monoisotopic (exact) mass is 399 g/mol. The quantitative estimate of drug-likeness (QED) is 0.403. The molecule has 1 unspecified atom stereocenters. The first-order chi connectivity index (χ1) is 13.4. The largest absolute Gasteiger partial charge is 0.495 e. The fourth-order valence-corrected chi connectivity index (χ4v) is 4.03. The molecule has 1 atom stereocenters. The highest BCUT2D eigenvalue weighted by Crippen LogP contribution is 2.31. The summed E-state index contributed by atoms with van der Waals surface area (Å²) < 4.78 is 5.32. The van der Waals surface area contributed by atoms with Gasteiger partial charge in [-0.1, -0.05) is 25.4 Å². The van der Waals surface area contributed by atoms with Gasteiger partial charge in [0.2, 0.25) is 0 Å². The van der Waals surface area contributed by atoms with Crippen molar-refractivity contribution in [1.29, 1.82) is 5.41 Å². The lowest BCUT2D eigenvalue weighted by Crippen LogP contribution is -2.62. The summed E-state index contributed by atoms with van der Waals surface area (Å²) in [7, 11) is 9.28. The molecule has 1 saturated heterocycles. The van der Waals surface area contributed by atoms with Crippen molar-refractivity contribution in [2.24, 2.45) is 5.73 Å². The minimum Gasteiger partial charge on any atom is -0.495 e. The van der Waals surface area contributed by atoms with Crippen molar-refractivity contribution in [2.45, 2.75) is 77.5 Å². The van der Waals surface area contributed by atoms with E-state index in [1.807, 2.05) is 25.8 Å². The number of hydrogen-bond acceptors (Lipinski definition) is 5. The van der Waals surface area contributed by atoms with Crippen LogP contribution in [0.1, 0.15) is 66.1 Å². The van der Waals surface area contributed by atoms with Crippen LogP contribution in [0.15, 0.2) is 24.4 Å². The Bertz CT molecular complexity index is 701. The van der Waals surface area contributed by atoms with Crippen LogP contribution >= 0.6 is 0 Å². The van der Waals surface area contributed by atoms with Gasteiger partial charge in [-0.25, -0.2) is 0 Å². The second-order valence-electron chi connectivity index (χ2n) is 8.69. The highest BCUT2D eigenvalue weighted by atomic mass is 16.5. The van der Waals surface area contributed by atoms with Crippen LogP contribution in [0.25, 0.3) is 0 Å². The van der Waals surface area contributed by atoms with E-state index >= 15 is 0 Å². The third-order valence-corrected chi connectivity index (χ3v) is 5.00. The molecule has 2 radical (unpaired) electrons. The Morgan fingerprint density at radius 3 is 2.41 bits per heavy atom. The Labute approximate surface area is 178 Å². The zero-order chi connectivity index (χ0) is 22.4. The number of nitrogens with zero attached hydrogens (tertiary/aromatic N) is 2. The van der Waals surface area contributed by atoms with Crippen LogP contribution in [0.4, 0.5) is 0 Å². The van der Waals surface area contributed by atoms with E-state index in [-0.39, 0.29) is 17.1 Å². The molecule has 1 aliphatic rings. The number of nitrogens with two attached hydrogens (primary N) is 1. The van der Waals surface area contributed by atoms with E-state index in [4.69, 9.17) is 23.7 Å². The van der Waals surface area contributed by atoms with Gasteiger partial charge in [0.05, 0.1) is 13.2 Å². The summed E-state index contributed by atoms with van der Waals surface area (Å²) in [6.45, 7) is 12.8. The third-order valence-electron chi connectivity index (χ3n) is 5.00. The first kappa shape index (κ1) is 25.2. The number of rotatable bonds is 5.